The van der Waals surface area contributed by atoms with E-state index in [0.717, 1.165) is 0 Å². The average molecular weight is 645 g/mol. The highest BCUT2D eigenvalue weighted by Crippen LogP contribution is 2.38. The van der Waals surface area contributed by atoms with Crippen molar-refractivity contribution in [3.63, 3.8) is 0 Å². The molecule has 0 aliphatic heterocycles. The summed E-state index contributed by atoms with van der Waals surface area (Å²) in [6, 6.07) is 8.71. The molecule has 3 N–H and O–H groups in total. The van der Waals surface area contributed by atoms with Crippen molar-refractivity contribution in [1.82, 2.24) is 9.80 Å². The van der Waals surface area contributed by atoms with Gasteiger partial charge in [-0.25, -0.2) is 0 Å². The average Bonchev–Trinajstić information content (AvgIpc) is 3.30. The van der Waals surface area contributed by atoms with E-state index in [1.165, 1.54) is 0 Å². The Balaban J connectivity index is 0.000000351. The number of hydrogen-bond donors (Lipinski definition) is 3. The van der Waals surface area contributed by atoms with E-state index in [1.807, 2.05) is 85.6 Å². The Bertz CT molecular complexity index is 1460. The van der Waals surface area contributed by atoms with Gasteiger partial charge >= 0.3 is 0 Å². The van der Waals surface area contributed by atoms with Gasteiger partial charge in [0, 0.05) is 11.1 Å². The van der Waals surface area contributed by atoms with Crippen LogP contribution in [0.2, 0.25) is 0 Å². The van der Waals surface area contributed by atoms with Crippen molar-refractivity contribution in [3.05, 3.63) is 64.5 Å². The number of furan rings is 2. The predicted octanol–water partition coefficient (Wildman–Crippen LogP) is 5.78. The topological polar surface area (TPSA) is 162 Å². The normalized spacial score (nSPS) is 12.6. The highest BCUT2D eigenvalue weighted by atomic mass is 32.2. The lowest BCUT2D eigenvalue weighted by Gasteiger charge is -2.21. The van der Waals surface area contributed by atoms with Crippen LogP contribution in [0.3, 0.4) is 0 Å². The van der Waals surface area contributed by atoms with Crippen molar-refractivity contribution in [3.8, 4) is 5.75 Å². The molecule has 1 aromatic carbocycles. The summed E-state index contributed by atoms with van der Waals surface area (Å²) < 4.78 is 75.8. The van der Waals surface area contributed by atoms with E-state index >= 15 is 0 Å². The van der Waals surface area contributed by atoms with Crippen LogP contribution < -0.4 is 0 Å². The van der Waals surface area contributed by atoms with E-state index < -0.39 is 31.1 Å². The highest BCUT2D eigenvalue weighted by molar-refractivity contribution is 7.86. The van der Waals surface area contributed by atoms with Gasteiger partial charge in [0.25, 0.3) is 20.2 Å². The van der Waals surface area contributed by atoms with Crippen LogP contribution in [-0.4, -0.2) is 69.0 Å². The molecule has 0 radical (unpaired) electrons. The maximum Gasteiger partial charge on any atom is 0.298 e. The van der Waals surface area contributed by atoms with Crippen LogP contribution in [0.4, 0.5) is 0 Å². The molecule has 0 saturated carbocycles. The first kappa shape index (κ1) is 38.3. The zero-order chi connectivity index (χ0) is 33.7. The van der Waals surface area contributed by atoms with Crippen molar-refractivity contribution in [2.24, 2.45) is 0 Å². The van der Waals surface area contributed by atoms with E-state index in [0.29, 0.717) is 41.5 Å². The molecule has 2 aromatic heterocycles. The summed E-state index contributed by atoms with van der Waals surface area (Å²) in [5.41, 5.74) is 0.259. The molecule has 3 rings (SSSR count). The summed E-state index contributed by atoms with van der Waals surface area (Å²) in [5.74, 6) is 1.95. The van der Waals surface area contributed by atoms with Gasteiger partial charge in [0.05, 0.1) is 13.1 Å². The van der Waals surface area contributed by atoms with Gasteiger partial charge in [-0.15, -0.1) is 0 Å². The van der Waals surface area contributed by atoms with Gasteiger partial charge in [-0.05, 0) is 65.0 Å². The summed E-state index contributed by atoms with van der Waals surface area (Å²) in [7, 11) is -1.06. The summed E-state index contributed by atoms with van der Waals surface area (Å²) >= 11 is 0. The molecule has 0 fully saturated rings. The standard InChI is InChI=1S/2C12H21NO4S.C6H6O/c2*1-8-11(18(14,15)16)10(12(2,3)4)9(17-8)7-13(5)6;7-6-4-2-1-3-5-6/h2*7H2,1-6H3,(H,14,15,16);1-5,7H. The van der Waals surface area contributed by atoms with Crippen molar-refractivity contribution in [1.29, 1.82) is 0 Å². The van der Waals surface area contributed by atoms with E-state index in [-0.39, 0.29) is 21.3 Å². The predicted molar refractivity (Wildman–Crippen MR) is 167 cm³/mol. The lowest BCUT2D eigenvalue weighted by Crippen LogP contribution is -2.20. The van der Waals surface area contributed by atoms with Gasteiger partial charge in [0.1, 0.15) is 38.6 Å². The number of aromatic hydroxyl groups is 1. The first-order valence-corrected chi connectivity index (χ1v) is 16.4. The number of phenolic OH excluding ortho intramolecular Hbond substituents is 1. The molecular formula is C30H48N2O9S2. The van der Waals surface area contributed by atoms with Crippen molar-refractivity contribution < 1.29 is 39.9 Å². The van der Waals surface area contributed by atoms with Crippen LogP contribution in [0.5, 0.6) is 5.75 Å². The maximum absolute atomic E-state index is 11.5. The quantitative estimate of drug-likeness (QED) is 0.279. The molecule has 0 bridgehead atoms. The monoisotopic (exact) mass is 644 g/mol. The molecule has 43 heavy (non-hydrogen) atoms. The Kier molecular flexibility index (Phi) is 12.8. The number of para-hydroxylation sites is 1. The first-order chi connectivity index (χ1) is 19.3. The Hall–Kier alpha value is -2.68. The molecule has 0 unspecified atom stereocenters. The largest absolute Gasteiger partial charge is 0.508 e. The summed E-state index contributed by atoms with van der Waals surface area (Å²) in [6.07, 6.45) is 0. The molecule has 13 heteroatoms. The number of nitrogens with zero attached hydrogens (tertiary/aromatic N) is 2. The summed E-state index contributed by atoms with van der Waals surface area (Å²) in [6.45, 7) is 15.4. The van der Waals surface area contributed by atoms with Gasteiger partial charge in [-0.2, -0.15) is 16.8 Å². The van der Waals surface area contributed by atoms with Crippen LogP contribution in [-0.2, 0) is 44.2 Å². The molecule has 0 aliphatic carbocycles. The van der Waals surface area contributed by atoms with Gasteiger partial charge in [-0.3, -0.25) is 9.11 Å². The van der Waals surface area contributed by atoms with Crippen LogP contribution in [0.25, 0.3) is 0 Å². The summed E-state index contributed by atoms with van der Waals surface area (Å²) in [5, 5.41) is 8.63. The zero-order valence-electron chi connectivity index (χ0n) is 27.3. The lowest BCUT2D eigenvalue weighted by atomic mass is 9.86. The number of benzene rings is 1. The molecule has 0 spiro atoms. The number of rotatable bonds is 6. The Morgan fingerprint density at radius 3 is 1.14 bits per heavy atom. The van der Waals surface area contributed by atoms with Crippen molar-refractivity contribution in [2.75, 3.05) is 28.2 Å². The number of phenols is 1. The third kappa shape index (κ3) is 11.4. The molecule has 0 aliphatic rings. The van der Waals surface area contributed by atoms with E-state index in [4.69, 9.17) is 13.9 Å². The highest BCUT2D eigenvalue weighted by Gasteiger charge is 2.34. The van der Waals surface area contributed by atoms with Crippen LogP contribution >= 0.6 is 0 Å². The number of aryl methyl sites for hydroxylation is 2. The third-order valence-corrected chi connectivity index (χ3v) is 7.91. The van der Waals surface area contributed by atoms with E-state index in [2.05, 4.69) is 0 Å². The van der Waals surface area contributed by atoms with Gasteiger partial charge in [0.15, 0.2) is 0 Å². The third-order valence-electron chi connectivity index (χ3n) is 5.90. The first-order valence-electron chi connectivity index (χ1n) is 13.5. The molecule has 0 saturated heterocycles. The van der Waals surface area contributed by atoms with Gasteiger partial charge < -0.3 is 23.7 Å². The smallest absolute Gasteiger partial charge is 0.298 e. The Morgan fingerprint density at radius 2 is 0.953 bits per heavy atom. The van der Waals surface area contributed by atoms with Crippen molar-refractivity contribution >= 4 is 20.2 Å². The maximum atomic E-state index is 11.5. The minimum atomic E-state index is -4.27. The fourth-order valence-corrected chi connectivity index (χ4v) is 6.70. The minimum absolute atomic E-state index is 0.0909. The Labute approximate surface area is 257 Å². The second-order valence-electron chi connectivity index (χ2n) is 12.8. The SMILES string of the molecule is Cc1oc(CN(C)C)c(C(C)(C)C)c1S(=O)(=O)O.Cc1oc(CN(C)C)c(C(C)(C)C)c1S(=O)(=O)O.Oc1ccccc1. The fourth-order valence-electron chi connectivity index (χ4n) is 4.53. The zero-order valence-corrected chi connectivity index (χ0v) is 28.9. The second-order valence-corrected chi connectivity index (χ2v) is 15.5. The lowest BCUT2D eigenvalue weighted by molar-refractivity contribution is 0.337. The molecular weight excluding hydrogens is 596 g/mol. The summed E-state index contributed by atoms with van der Waals surface area (Å²) in [4.78, 5) is 3.60. The van der Waals surface area contributed by atoms with Gasteiger partial charge in [0.2, 0.25) is 0 Å². The molecule has 2 heterocycles. The van der Waals surface area contributed by atoms with Crippen LogP contribution in [0, 0.1) is 13.8 Å². The minimum Gasteiger partial charge on any atom is -0.508 e. The number of hydrogen-bond acceptors (Lipinski definition) is 9. The molecule has 0 atom stereocenters. The van der Waals surface area contributed by atoms with Crippen LogP contribution in [0.1, 0.15) is 75.7 Å². The van der Waals surface area contributed by atoms with E-state index in [9.17, 15) is 25.9 Å². The van der Waals surface area contributed by atoms with Crippen molar-refractivity contribution in [2.45, 2.75) is 89.1 Å². The van der Waals surface area contributed by atoms with E-state index in [1.54, 1.807) is 38.1 Å². The fraction of sp³-hybridized carbons (Fsp3) is 0.533. The van der Waals surface area contributed by atoms with Crippen LogP contribution in [0.15, 0.2) is 49.0 Å². The second kappa shape index (κ2) is 14.4. The molecule has 3 aromatic rings. The Morgan fingerprint density at radius 1 is 0.651 bits per heavy atom. The molecule has 0 amide bonds. The molecule has 244 valence electrons. The molecule has 11 nitrogen and oxygen atoms in total. The van der Waals surface area contributed by atoms with Gasteiger partial charge in [-0.1, -0.05) is 59.7 Å².